The van der Waals surface area contributed by atoms with Gasteiger partial charge in [-0.2, -0.15) is 0 Å². The SMILES string of the molecule is CCCCCCCCCCCC(C)c1cc(C(CCCCCCCCCCC)c2cc(C(CCCCCCCCCCC)c3cc(C(CCCCCCCCCCC)c4ccc(O)c(N=Nc5cc([N+](=O)[O-])cc([N+](=O)[O-])c5)c4O)c(O)c(N=Nc4cc([N+](=O)[O-])cc([N+](=O)[O-])c4)c3O)c(O)c(N=Nc3cc([N+](=O)[O-])cc([N+](=O)[O-])c3)c2O)c(O)c(N=Nc2cc([N+](=O)[O-])cc([N+](=O)[O-])c2)c1O. The zero-order valence-corrected chi connectivity index (χ0v) is 78.2. The lowest BCUT2D eigenvalue weighted by Gasteiger charge is -2.28. The standard InChI is InChI=1S/C97H124N16O24/c1-6-10-14-18-22-26-30-34-38-42-63(5)80-60-81(93(117)88(92(80)116)103-99-65-50-70(108(126)127)57-71(51-65)109(128)129)77(44-40-36-32-28-24-20-16-12-8-3)84-62-85(97(121)90(96(84)120)105-101-67-54-74(112(134)135)59-75(55-67)113(136)137)78(45-41-37-33-29-25-21-17-13-9-4)83-61-82(94(118)89(95(83)119)104-100-66-52-72(110(130)131)58-73(53-66)111(132)133)76(43-39-35-31-27-23-19-15-11-7-2)79-46-47-86(114)87(91(79)115)102-98-64-48-68(106(122)123)56-69(49-64)107(124)125/h46-63,76-78,114-121H,6-45H2,1-5H3. The highest BCUT2D eigenvalue weighted by Gasteiger charge is 2.37. The topological polar surface area (TPSA) is 606 Å². The third kappa shape index (κ3) is 31.7. The van der Waals surface area contributed by atoms with Crippen LogP contribution >= 0.6 is 0 Å². The van der Waals surface area contributed by atoms with Crippen molar-refractivity contribution in [2.75, 3.05) is 0 Å². The first-order valence-electron chi connectivity index (χ1n) is 47.5. The molecule has 8 aromatic carbocycles. The maximum absolute atomic E-state index is 13.7. The first-order chi connectivity index (χ1) is 65.7. The molecule has 0 spiro atoms. The van der Waals surface area contributed by atoms with Gasteiger partial charge in [-0.3, -0.25) is 80.9 Å². The van der Waals surface area contributed by atoms with E-state index in [1.54, 1.807) is 0 Å². The summed E-state index contributed by atoms with van der Waals surface area (Å²) in [5, 5.41) is 238. The number of non-ortho nitro benzene ring substituents is 8. The van der Waals surface area contributed by atoms with Crippen LogP contribution in [0.25, 0.3) is 0 Å². The second-order valence-electron chi connectivity index (χ2n) is 34.9. The van der Waals surface area contributed by atoms with Crippen LogP contribution in [0.4, 0.5) is 91.0 Å². The number of benzene rings is 8. The maximum Gasteiger partial charge on any atom is 0.278 e. The molecule has 0 heterocycles. The van der Waals surface area contributed by atoms with Crippen molar-refractivity contribution < 1.29 is 80.2 Å². The number of unbranched alkanes of at least 4 members (excludes halogenated alkanes) is 32. The first-order valence-corrected chi connectivity index (χ1v) is 47.5. The number of nitro groups is 8. The lowest BCUT2D eigenvalue weighted by molar-refractivity contribution is -0.394. The Hall–Kier alpha value is -14.2. The van der Waals surface area contributed by atoms with Gasteiger partial charge in [0.1, 0.15) is 11.5 Å². The second kappa shape index (κ2) is 54.9. The lowest BCUT2D eigenvalue weighted by Crippen LogP contribution is -2.10. The van der Waals surface area contributed by atoms with Gasteiger partial charge < -0.3 is 40.9 Å². The highest BCUT2D eigenvalue weighted by molar-refractivity contribution is 5.77. The van der Waals surface area contributed by atoms with E-state index in [0.29, 0.717) is 75.6 Å². The first kappa shape index (κ1) is 108. The van der Waals surface area contributed by atoms with Gasteiger partial charge in [0.25, 0.3) is 45.5 Å². The minimum atomic E-state index is -1.54. The number of azo groups is 4. The van der Waals surface area contributed by atoms with E-state index in [-0.39, 0.29) is 77.5 Å². The lowest BCUT2D eigenvalue weighted by atomic mass is 9.77. The highest BCUT2D eigenvalue weighted by atomic mass is 16.7. The van der Waals surface area contributed by atoms with Crippen molar-refractivity contribution in [2.45, 2.75) is 315 Å². The molecule has 0 saturated heterocycles. The van der Waals surface area contributed by atoms with Gasteiger partial charge in [0, 0.05) is 99.7 Å². The molecule has 0 saturated carbocycles. The summed E-state index contributed by atoms with van der Waals surface area (Å²) in [5.74, 6) is -11.7. The number of hydrogen-bond acceptors (Lipinski definition) is 32. The molecule has 0 aliphatic heterocycles. The van der Waals surface area contributed by atoms with Crippen LogP contribution in [-0.4, -0.2) is 80.2 Å². The van der Waals surface area contributed by atoms with Crippen LogP contribution in [0.5, 0.6) is 46.0 Å². The number of rotatable bonds is 63. The minimum absolute atomic E-state index is 0.0549. The Morgan fingerprint density at radius 1 is 0.219 bits per heavy atom. The molecule has 0 aromatic heterocycles. The van der Waals surface area contributed by atoms with E-state index in [9.17, 15) is 122 Å². The van der Waals surface area contributed by atoms with Gasteiger partial charge >= 0.3 is 0 Å². The molecule has 0 aliphatic rings. The van der Waals surface area contributed by atoms with Crippen molar-refractivity contribution >= 4 is 91.0 Å². The van der Waals surface area contributed by atoms with E-state index in [0.717, 1.165) is 222 Å². The van der Waals surface area contributed by atoms with Crippen molar-refractivity contribution in [1.29, 1.82) is 0 Å². The summed E-state index contributed by atoms with van der Waals surface area (Å²) in [4.78, 5) is 91.5. The summed E-state index contributed by atoms with van der Waals surface area (Å²) in [5.41, 5.74) is -12.5. The van der Waals surface area contributed by atoms with E-state index < -0.39 is 200 Å². The van der Waals surface area contributed by atoms with Crippen molar-refractivity contribution in [2.24, 2.45) is 40.9 Å². The van der Waals surface area contributed by atoms with Crippen LogP contribution in [0.15, 0.2) is 144 Å². The number of nitro benzene ring substituents is 8. The molecule has 0 aliphatic carbocycles. The summed E-state index contributed by atoms with van der Waals surface area (Å²) < 4.78 is 0. The fourth-order valence-corrected chi connectivity index (χ4v) is 17.2. The molecule has 0 amide bonds. The van der Waals surface area contributed by atoms with Crippen LogP contribution in [-0.2, 0) is 0 Å². The number of nitrogens with zero attached hydrogens (tertiary/aromatic N) is 16. The predicted octanol–water partition coefficient (Wildman–Crippen LogP) is 31.4. The molecular weight excluding hydrogens is 1770 g/mol. The quantitative estimate of drug-likeness (QED) is 0.00759. The number of aromatic hydroxyl groups is 8. The van der Waals surface area contributed by atoms with E-state index >= 15 is 0 Å². The van der Waals surface area contributed by atoms with Gasteiger partial charge in [0.15, 0.2) is 57.2 Å². The molecule has 0 fully saturated rings. The van der Waals surface area contributed by atoms with Crippen LogP contribution in [0, 0.1) is 80.9 Å². The Labute approximate surface area is 792 Å². The molecule has 0 radical (unpaired) electrons. The highest BCUT2D eigenvalue weighted by Crippen LogP contribution is 2.59. The summed E-state index contributed by atoms with van der Waals surface area (Å²) in [7, 11) is 0. The molecule has 736 valence electrons. The van der Waals surface area contributed by atoms with Crippen LogP contribution in [0.2, 0.25) is 0 Å². The average Bonchev–Trinajstić information content (AvgIpc) is 0.739. The number of hydrogen-bond donors (Lipinski definition) is 8. The summed E-state index contributed by atoms with van der Waals surface area (Å²) in [6, 6.07) is 16.0. The van der Waals surface area contributed by atoms with E-state index in [2.05, 4.69) is 68.6 Å². The summed E-state index contributed by atoms with van der Waals surface area (Å²) in [6.45, 7) is 10.2. The molecule has 137 heavy (non-hydrogen) atoms. The fraction of sp³-hybridized carbons (Fsp3) is 0.505. The normalized spacial score (nSPS) is 12.6. The van der Waals surface area contributed by atoms with Gasteiger partial charge in [-0.1, -0.05) is 272 Å². The Balaban J connectivity index is 1.55. The van der Waals surface area contributed by atoms with Gasteiger partial charge in [-0.15, -0.1) is 40.9 Å². The van der Waals surface area contributed by atoms with E-state index in [1.807, 2.05) is 6.92 Å². The summed E-state index contributed by atoms with van der Waals surface area (Å²) >= 11 is 0. The number of phenolic OH excluding ortho intramolecular Hbond substituents is 8. The van der Waals surface area contributed by atoms with Gasteiger partial charge in [0.05, 0.1) is 86.4 Å². The van der Waals surface area contributed by atoms with Crippen LogP contribution in [0.3, 0.4) is 0 Å². The largest absolute Gasteiger partial charge is 0.505 e. The van der Waals surface area contributed by atoms with Crippen molar-refractivity contribution in [3.8, 4) is 46.0 Å². The Bertz CT molecular complexity index is 5520. The van der Waals surface area contributed by atoms with E-state index in [1.165, 1.54) is 24.3 Å². The average molecular weight is 1900 g/mol. The molecule has 0 bridgehead atoms. The molecule has 8 N–H and O–H groups in total. The fourth-order valence-electron chi connectivity index (χ4n) is 17.2. The molecule has 4 unspecified atom stereocenters. The van der Waals surface area contributed by atoms with Crippen LogP contribution in [0.1, 0.15) is 354 Å². The molecule has 40 heteroatoms. The van der Waals surface area contributed by atoms with Gasteiger partial charge in [0.2, 0.25) is 0 Å². The zero-order chi connectivity index (χ0) is 99.8. The monoisotopic (exact) mass is 1900 g/mol. The van der Waals surface area contributed by atoms with E-state index in [4.69, 9.17) is 0 Å². The Morgan fingerprint density at radius 2 is 0.401 bits per heavy atom. The molecular formula is C97H124N16O24. The van der Waals surface area contributed by atoms with Gasteiger partial charge in [-0.05, 0) is 61.4 Å². The Morgan fingerprint density at radius 3 is 0.628 bits per heavy atom. The molecule has 8 rings (SSSR count). The van der Waals surface area contributed by atoms with Crippen molar-refractivity contribution in [1.82, 2.24) is 0 Å². The predicted molar refractivity (Wildman–Crippen MR) is 516 cm³/mol. The third-order valence-electron chi connectivity index (χ3n) is 24.7. The third-order valence-corrected chi connectivity index (χ3v) is 24.7. The van der Waals surface area contributed by atoms with Gasteiger partial charge in [-0.25, -0.2) is 0 Å². The maximum atomic E-state index is 13.7. The minimum Gasteiger partial charge on any atom is -0.505 e. The van der Waals surface area contributed by atoms with Crippen LogP contribution < -0.4 is 0 Å². The number of phenols is 8. The second-order valence-corrected chi connectivity index (χ2v) is 34.9. The summed E-state index contributed by atoms with van der Waals surface area (Å²) in [6.07, 6.45) is 29.7. The smallest absolute Gasteiger partial charge is 0.278 e. The van der Waals surface area contributed by atoms with Crippen molar-refractivity contribution in [3.05, 3.63) is 223 Å². The molecule has 8 aromatic rings. The molecule has 4 atom stereocenters. The Kier molecular flexibility index (Phi) is 43.4. The molecule has 40 nitrogen and oxygen atoms in total. The zero-order valence-electron chi connectivity index (χ0n) is 78.2. The van der Waals surface area contributed by atoms with Crippen molar-refractivity contribution in [3.63, 3.8) is 0 Å².